The van der Waals surface area contributed by atoms with E-state index in [-0.39, 0.29) is 5.75 Å². The first-order chi connectivity index (χ1) is 6.65. The normalized spacial score (nSPS) is 10.4. The maximum atomic E-state index is 10.8. The first-order valence-corrected chi connectivity index (χ1v) is 3.98. The van der Waals surface area contributed by atoms with Gasteiger partial charge in [-0.15, -0.1) is 0 Å². The third-order valence-corrected chi connectivity index (χ3v) is 1.70. The molecular weight excluding hydrogens is 182 g/mol. The van der Waals surface area contributed by atoms with Gasteiger partial charge < -0.3 is 15.6 Å². The molecule has 0 heterocycles. The molecule has 0 aliphatic carbocycles. The van der Waals surface area contributed by atoms with Crippen LogP contribution in [0.5, 0.6) is 5.75 Å². The minimum absolute atomic E-state index is 0.0325. The SMILES string of the molecule is COC(=O)/C=C/c1c(N)cccc1O. The lowest BCUT2D eigenvalue weighted by atomic mass is 10.1. The molecule has 14 heavy (non-hydrogen) atoms. The number of rotatable bonds is 2. The Kier molecular flexibility index (Phi) is 3.12. The first-order valence-electron chi connectivity index (χ1n) is 3.98. The summed E-state index contributed by atoms with van der Waals surface area (Å²) in [4.78, 5) is 10.8. The molecule has 4 nitrogen and oxygen atoms in total. The quantitative estimate of drug-likeness (QED) is 0.420. The zero-order valence-electron chi connectivity index (χ0n) is 7.73. The van der Waals surface area contributed by atoms with Gasteiger partial charge in [-0.1, -0.05) is 6.07 Å². The van der Waals surface area contributed by atoms with Crippen molar-refractivity contribution in [1.82, 2.24) is 0 Å². The molecule has 4 heteroatoms. The summed E-state index contributed by atoms with van der Waals surface area (Å²) in [6.07, 6.45) is 2.61. The van der Waals surface area contributed by atoms with Crippen molar-refractivity contribution in [3.63, 3.8) is 0 Å². The molecule has 0 atom stereocenters. The van der Waals surface area contributed by atoms with Crippen LogP contribution in [0.3, 0.4) is 0 Å². The van der Waals surface area contributed by atoms with Gasteiger partial charge in [-0.25, -0.2) is 4.79 Å². The van der Waals surface area contributed by atoms with Gasteiger partial charge in [-0.2, -0.15) is 0 Å². The van der Waals surface area contributed by atoms with Gasteiger partial charge in [0.2, 0.25) is 0 Å². The van der Waals surface area contributed by atoms with Gasteiger partial charge in [-0.3, -0.25) is 0 Å². The molecule has 0 radical (unpaired) electrons. The van der Waals surface area contributed by atoms with Gasteiger partial charge in [0, 0.05) is 17.3 Å². The molecule has 0 unspecified atom stereocenters. The van der Waals surface area contributed by atoms with Crippen LogP contribution in [-0.2, 0) is 9.53 Å². The number of methoxy groups -OCH3 is 1. The van der Waals surface area contributed by atoms with E-state index in [2.05, 4.69) is 4.74 Å². The number of hydrogen-bond acceptors (Lipinski definition) is 4. The number of nitrogen functional groups attached to an aromatic ring is 1. The molecular formula is C10H11NO3. The zero-order valence-corrected chi connectivity index (χ0v) is 7.73. The van der Waals surface area contributed by atoms with E-state index in [1.807, 2.05) is 0 Å². The molecule has 0 aliphatic heterocycles. The van der Waals surface area contributed by atoms with Crippen molar-refractivity contribution in [3.8, 4) is 5.75 Å². The lowest BCUT2D eigenvalue weighted by Gasteiger charge is -2.01. The van der Waals surface area contributed by atoms with Crippen molar-refractivity contribution >= 4 is 17.7 Å². The Balaban J connectivity index is 2.96. The molecule has 0 saturated heterocycles. The van der Waals surface area contributed by atoms with Gasteiger partial charge >= 0.3 is 5.97 Å². The van der Waals surface area contributed by atoms with Crippen LogP contribution in [0.1, 0.15) is 5.56 Å². The molecule has 0 aromatic heterocycles. The summed E-state index contributed by atoms with van der Waals surface area (Å²) in [5.41, 5.74) is 6.41. The third kappa shape index (κ3) is 2.26. The van der Waals surface area contributed by atoms with Crippen LogP contribution in [0.2, 0.25) is 0 Å². The Morgan fingerprint density at radius 3 is 2.86 bits per heavy atom. The number of carbonyl (C=O) groups is 1. The largest absolute Gasteiger partial charge is 0.507 e. The number of esters is 1. The van der Waals surface area contributed by atoms with E-state index in [1.54, 1.807) is 12.1 Å². The fourth-order valence-corrected chi connectivity index (χ4v) is 0.971. The van der Waals surface area contributed by atoms with Crippen LogP contribution in [0.25, 0.3) is 6.08 Å². The maximum absolute atomic E-state index is 10.8. The Bertz CT molecular complexity index is 351. The van der Waals surface area contributed by atoms with Gasteiger partial charge in [-0.05, 0) is 18.2 Å². The highest BCUT2D eigenvalue weighted by Gasteiger charge is 2.01. The fourth-order valence-electron chi connectivity index (χ4n) is 0.971. The van der Waals surface area contributed by atoms with Crippen LogP contribution in [0, 0.1) is 0 Å². The lowest BCUT2D eigenvalue weighted by molar-refractivity contribution is -0.134. The summed E-state index contributed by atoms with van der Waals surface area (Å²) in [6.45, 7) is 0. The third-order valence-electron chi connectivity index (χ3n) is 1.70. The summed E-state index contributed by atoms with van der Waals surface area (Å²) in [7, 11) is 1.28. The molecule has 1 rings (SSSR count). The van der Waals surface area contributed by atoms with Crippen molar-refractivity contribution in [2.24, 2.45) is 0 Å². The molecule has 1 aromatic carbocycles. The van der Waals surface area contributed by atoms with Crippen LogP contribution in [0.4, 0.5) is 5.69 Å². The minimum Gasteiger partial charge on any atom is -0.507 e. The molecule has 0 spiro atoms. The molecule has 0 saturated carbocycles. The number of ether oxygens (including phenoxy) is 1. The minimum atomic E-state index is -0.493. The molecule has 1 aromatic rings. The highest BCUT2D eigenvalue weighted by atomic mass is 16.5. The van der Waals surface area contributed by atoms with E-state index in [0.29, 0.717) is 11.3 Å². The van der Waals surface area contributed by atoms with Crippen molar-refractivity contribution < 1.29 is 14.6 Å². The number of hydrogen-bond donors (Lipinski definition) is 2. The second kappa shape index (κ2) is 4.32. The van der Waals surface area contributed by atoms with E-state index >= 15 is 0 Å². The van der Waals surface area contributed by atoms with Gasteiger partial charge in [0.05, 0.1) is 7.11 Å². The molecule has 0 aliphatic rings. The maximum Gasteiger partial charge on any atom is 0.330 e. The van der Waals surface area contributed by atoms with E-state index in [9.17, 15) is 9.90 Å². The zero-order chi connectivity index (χ0) is 10.6. The summed E-state index contributed by atoms with van der Waals surface area (Å²) in [5.74, 6) is -0.460. The van der Waals surface area contributed by atoms with Crippen LogP contribution in [-0.4, -0.2) is 18.2 Å². The van der Waals surface area contributed by atoms with Crippen LogP contribution >= 0.6 is 0 Å². The smallest absolute Gasteiger partial charge is 0.330 e. The summed E-state index contributed by atoms with van der Waals surface area (Å²) in [6, 6.07) is 4.75. The van der Waals surface area contributed by atoms with E-state index in [4.69, 9.17) is 5.73 Å². The van der Waals surface area contributed by atoms with Crippen LogP contribution < -0.4 is 5.73 Å². The Morgan fingerprint density at radius 1 is 1.57 bits per heavy atom. The second-order valence-corrected chi connectivity index (χ2v) is 2.64. The van der Waals surface area contributed by atoms with Crippen molar-refractivity contribution in [2.45, 2.75) is 0 Å². The number of nitrogens with two attached hydrogens (primary N) is 1. The van der Waals surface area contributed by atoms with Gasteiger partial charge in [0.15, 0.2) is 0 Å². The number of anilines is 1. The number of carbonyl (C=O) groups excluding carboxylic acids is 1. The molecule has 3 N–H and O–H groups in total. The van der Waals surface area contributed by atoms with Crippen LogP contribution in [0.15, 0.2) is 24.3 Å². The number of phenols is 1. The highest BCUT2D eigenvalue weighted by molar-refractivity contribution is 5.89. The van der Waals surface area contributed by atoms with Gasteiger partial charge in [0.1, 0.15) is 5.75 Å². The van der Waals surface area contributed by atoms with Crippen molar-refractivity contribution in [1.29, 1.82) is 0 Å². The molecule has 0 bridgehead atoms. The lowest BCUT2D eigenvalue weighted by Crippen LogP contribution is -1.94. The summed E-state index contributed by atoms with van der Waals surface area (Å²) >= 11 is 0. The number of phenolic OH excluding ortho intramolecular Hbond substituents is 1. The Morgan fingerprint density at radius 2 is 2.29 bits per heavy atom. The number of benzene rings is 1. The van der Waals surface area contributed by atoms with E-state index in [0.717, 1.165) is 0 Å². The first kappa shape index (κ1) is 10.1. The fraction of sp³-hybridized carbons (Fsp3) is 0.100. The average molecular weight is 193 g/mol. The Labute approximate surface area is 81.6 Å². The average Bonchev–Trinajstić information content (AvgIpc) is 2.16. The predicted octanol–water partition coefficient (Wildman–Crippen LogP) is 1.16. The van der Waals surface area contributed by atoms with Gasteiger partial charge in [0.25, 0.3) is 0 Å². The summed E-state index contributed by atoms with van der Waals surface area (Å²) in [5, 5.41) is 9.39. The highest BCUT2D eigenvalue weighted by Crippen LogP contribution is 2.24. The molecule has 0 amide bonds. The van der Waals surface area contributed by atoms with E-state index < -0.39 is 5.97 Å². The standard InChI is InChI=1S/C10H11NO3/c1-14-10(13)6-5-7-8(11)3-2-4-9(7)12/h2-6,12H,11H2,1H3/b6-5+. The monoisotopic (exact) mass is 193 g/mol. The number of aromatic hydroxyl groups is 1. The second-order valence-electron chi connectivity index (χ2n) is 2.64. The summed E-state index contributed by atoms with van der Waals surface area (Å²) < 4.78 is 4.40. The Hall–Kier alpha value is -1.97. The van der Waals surface area contributed by atoms with E-state index in [1.165, 1.54) is 25.3 Å². The van der Waals surface area contributed by atoms with Crippen molar-refractivity contribution in [2.75, 3.05) is 12.8 Å². The topological polar surface area (TPSA) is 72.5 Å². The van der Waals surface area contributed by atoms with Crippen molar-refractivity contribution in [3.05, 3.63) is 29.8 Å². The molecule has 0 fully saturated rings. The predicted molar refractivity (Wildman–Crippen MR) is 53.6 cm³/mol. The molecule has 74 valence electrons.